The molecule has 0 bridgehead atoms. The van der Waals surface area contributed by atoms with Gasteiger partial charge in [-0.3, -0.25) is 14.5 Å². The number of hydrogen-bond acceptors (Lipinski definition) is 6. The number of nitrogens with zero attached hydrogens (tertiary/aromatic N) is 3. The number of nitrogens with one attached hydrogen (secondary N) is 1. The molecule has 4 rings (SSSR count). The molecule has 2 aromatic rings. The molecule has 10 nitrogen and oxygen atoms in total. The van der Waals surface area contributed by atoms with Crippen molar-refractivity contribution in [3.8, 4) is 0 Å². The largest absolute Gasteiger partial charge is 0.448 e. The molecule has 1 unspecified atom stereocenters. The monoisotopic (exact) mass is 488 g/mol. The first kappa shape index (κ1) is 24.0. The molecule has 1 aromatic carbocycles. The lowest BCUT2D eigenvalue weighted by molar-refractivity contribution is -0.131. The van der Waals surface area contributed by atoms with Gasteiger partial charge in [-0.05, 0) is 51.8 Å². The van der Waals surface area contributed by atoms with Gasteiger partial charge in [-0.25, -0.2) is 13.2 Å². The lowest BCUT2D eigenvalue weighted by atomic mass is 9.95. The smallest absolute Gasteiger partial charge is 0.355 e. The normalized spacial score (nSPS) is 18.8. The minimum absolute atomic E-state index is 0.00518. The number of benzene rings is 1. The maximum atomic E-state index is 13.4. The van der Waals surface area contributed by atoms with Crippen LogP contribution in [0, 0.1) is 0 Å². The van der Waals surface area contributed by atoms with Crippen LogP contribution in [-0.2, 0) is 31.4 Å². The second-order valence-electron chi connectivity index (χ2n) is 9.03. The third-order valence-electron chi connectivity index (χ3n) is 6.25. The number of amides is 2. The Bertz CT molecular complexity index is 1260. The van der Waals surface area contributed by atoms with Crippen molar-refractivity contribution in [1.82, 2.24) is 8.87 Å². The first-order valence-corrected chi connectivity index (χ1v) is 12.5. The standard InChI is InChI=1S/C23H28N4O6S/c1-15(20(28)27-18-10-6-5-9-17(18)24-22(30)23(27,2)3)33-21(29)19-13-16(14-25(19)4)34(31,32)26-11-7-8-12-26/h5-6,9-10,13-15H,7-8,11-12H2,1-4H3,(H,24,30). The van der Waals surface area contributed by atoms with Gasteiger partial charge in [0.25, 0.3) is 5.91 Å². The second kappa shape index (κ2) is 8.55. The fourth-order valence-corrected chi connectivity index (χ4v) is 5.84. The van der Waals surface area contributed by atoms with Crippen LogP contribution in [0.1, 0.15) is 44.1 Å². The van der Waals surface area contributed by atoms with E-state index in [-0.39, 0.29) is 16.5 Å². The number of carbonyl (C=O) groups is 3. The quantitative estimate of drug-likeness (QED) is 0.644. The Balaban J connectivity index is 1.56. The summed E-state index contributed by atoms with van der Waals surface area (Å²) >= 11 is 0. The highest BCUT2D eigenvalue weighted by Gasteiger charge is 2.45. The lowest BCUT2D eigenvalue weighted by Gasteiger charge is -2.42. The van der Waals surface area contributed by atoms with Gasteiger partial charge in [0.1, 0.15) is 16.1 Å². The number of fused-ring (bicyclic) bond motifs is 1. The zero-order valence-electron chi connectivity index (χ0n) is 19.6. The number of sulfonamides is 1. The van der Waals surface area contributed by atoms with Gasteiger partial charge in [-0.1, -0.05) is 12.1 Å². The van der Waals surface area contributed by atoms with Crippen LogP contribution < -0.4 is 10.2 Å². The maximum absolute atomic E-state index is 13.4. The number of para-hydroxylation sites is 2. The topological polar surface area (TPSA) is 118 Å². The zero-order valence-corrected chi connectivity index (χ0v) is 20.4. The average Bonchev–Trinajstić information content (AvgIpc) is 3.45. The van der Waals surface area contributed by atoms with Crippen LogP contribution in [0.2, 0.25) is 0 Å². The summed E-state index contributed by atoms with van der Waals surface area (Å²) in [5.74, 6) is -1.77. The van der Waals surface area contributed by atoms with E-state index in [1.54, 1.807) is 45.2 Å². The van der Waals surface area contributed by atoms with Crippen LogP contribution in [0.15, 0.2) is 41.4 Å². The highest BCUT2D eigenvalue weighted by atomic mass is 32.2. The SMILES string of the molecule is CC(OC(=O)c1cc(S(=O)(=O)N2CCCC2)cn1C)C(=O)N1c2ccccc2NC(=O)C1(C)C. The molecule has 0 aliphatic carbocycles. The van der Waals surface area contributed by atoms with Crippen LogP contribution in [0.3, 0.4) is 0 Å². The number of aryl methyl sites for hydroxylation is 1. The number of hydrogen-bond donors (Lipinski definition) is 1. The van der Waals surface area contributed by atoms with E-state index in [9.17, 15) is 22.8 Å². The summed E-state index contributed by atoms with van der Waals surface area (Å²) in [5.41, 5.74) is -0.224. The molecule has 2 amide bonds. The van der Waals surface area contributed by atoms with Crippen molar-refractivity contribution in [2.75, 3.05) is 23.3 Å². The van der Waals surface area contributed by atoms with E-state index in [4.69, 9.17) is 4.74 Å². The van der Waals surface area contributed by atoms with Crippen LogP contribution >= 0.6 is 0 Å². The number of esters is 1. The molecular formula is C23H28N4O6S. The third kappa shape index (κ3) is 3.98. The van der Waals surface area contributed by atoms with Gasteiger partial charge < -0.3 is 14.6 Å². The fourth-order valence-electron chi connectivity index (χ4n) is 4.26. The van der Waals surface area contributed by atoms with Gasteiger partial charge in [0.05, 0.1) is 11.4 Å². The Hall–Kier alpha value is -3.18. The molecule has 1 saturated heterocycles. The summed E-state index contributed by atoms with van der Waals surface area (Å²) in [6, 6.07) is 8.14. The first-order chi connectivity index (χ1) is 15.9. The molecule has 3 heterocycles. The van der Waals surface area contributed by atoms with Crippen molar-refractivity contribution < 1.29 is 27.5 Å². The number of aromatic nitrogens is 1. The number of rotatable bonds is 5. The molecule has 0 saturated carbocycles. The van der Waals surface area contributed by atoms with Crippen LogP contribution in [0.25, 0.3) is 0 Å². The van der Waals surface area contributed by atoms with E-state index in [1.165, 1.54) is 33.0 Å². The van der Waals surface area contributed by atoms with Gasteiger partial charge in [0.2, 0.25) is 15.9 Å². The molecule has 1 atom stereocenters. The summed E-state index contributed by atoms with van der Waals surface area (Å²) in [6.07, 6.45) is 1.74. The highest BCUT2D eigenvalue weighted by molar-refractivity contribution is 7.89. The predicted molar refractivity (Wildman–Crippen MR) is 125 cm³/mol. The van der Waals surface area contributed by atoms with Crippen molar-refractivity contribution >= 4 is 39.2 Å². The Morgan fingerprint density at radius 2 is 1.79 bits per heavy atom. The van der Waals surface area contributed by atoms with E-state index < -0.39 is 33.5 Å². The van der Waals surface area contributed by atoms with Crippen molar-refractivity contribution in [2.24, 2.45) is 7.05 Å². The van der Waals surface area contributed by atoms with E-state index in [1.807, 2.05) is 0 Å². The Kier molecular flexibility index (Phi) is 6.03. The first-order valence-electron chi connectivity index (χ1n) is 11.1. The summed E-state index contributed by atoms with van der Waals surface area (Å²) in [6.45, 7) is 5.54. The molecule has 0 spiro atoms. The highest BCUT2D eigenvalue weighted by Crippen LogP contribution is 2.37. The molecular weight excluding hydrogens is 460 g/mol. The van der Waals surface area contributed by atoms with Gasteiger partial charge in [0, 0.05) is 26.3 Å². The molecule has 11 heteroatoms. The second-order valence-corrected chi connectivity index (χ2v) is 11.0. The van der Waals surface area contributed by atoms with Crippen molar-refractivity contribution in [1.29, 1.82) is 0 Å². The minimum Gasteiger partial charge on any atom is -0.448 e. The maximum Gasteiger partial charge on any atom is 0.355 e. The van der Waals surface area contributed by atoms with Crippen molar-refractivity contribution in [3.05, 3.63) is 42.2 Å². The Morgan fingerprint density at radius 1 is 1.15 bits per heavy atom. The summed E-state index contributed by atoms with van der Waals surface area (Å²) in [5, 5.41) is 2.78. The van der Waals surface area contributed by atoms with Crippen LogP contribution in [0.5, 0.6) is 0 Å². The third-order valence-corrected chi connectivity index (χ3v) is 8.12. The molecule has 2 aliphatic heterocycles. The van der Waals surface area contributed by atoms with E-state index in [2.05, 4.69) is 5.32 Å². The number of anilines is 2. The Morgan fingerprint density at radius 3 is 2.47 bits per heavy atom. The van der Waals surface area contributed by atoms with Gasteiger partial charge in [-0.15, -0.1) is 0 Å². The summed E-state index contributed by atoms with van der Waals surface area (Å²) in [4.78, 5) is 40.2. The fraction of sp³-hybridized carbons (Fsp3) is 0.435. The molecule has 1 fully saturated rings. The molecule has 182 valence electrons. The van der Waals surface area contributed by atoms with Gasteiger partial charge in [-0.2, -0.15) is 4.31 Å². The van der Waals surface area contributed by atoms with E-state index >= 15 is 0 Å². The molecule has 2 aliphatic rings. The van der Waals surface area contributed by atoms with E-state index in [0.29, 0.717) is 24.5 Å². The Labute approximate surface area is 198 Å². The van der Waals surface area contributed by atoms with Gasteiger partial charge in [0.15, 0.2) is 6.10 Å². The molecule has 0 radical (unpaired) electrons. The summed E-state index contributed by atoms with van der Waals surface area (Å²) < 4.78 is 33.9. The molecule has 1 N–H and O–H groups in total. The van der Waals surface area contributed by atoms with Crippen LogP contribution in [-0.4, -0.2) is 59.8 Å². The van der Waals surface area contributed by atoms with Crippen LogP contribution in [0.4, 0.5) is 11.4 Å². The predicted octanol–water partition coefficient (Wildman–Crippen LogP) is 2.12. The average molecular weight is 489 g/mol. The van der Waals surface area contributed by atoms with Gasteiger partial charge >= 0.3 is 5.97 Å². The lowest BCUT2D eigenvalue weighted by Crippen LogP contribution is -2.60. The number of carbonyl (C=O) groups excluding carboxylic acids is 3. The zero-order chi connectivity index (χ0) is 24.8. The number of ether oxygens (including phenoxy) is 1. The van der Waals surface area contributed by atoms with E-state index in [0.717, 1.165) is 12.8 Å². The molecule has 1 aromatic heterocycles. The molecule has 34 heavy (non-hydrogen) atoms. The summed E-state index contributed by atoms with van der Waals surface area (Å²) in [7, 11) is -2.16. The minimum atomic E-state index is -3.71. The van der Waals surface area contributed by atoms with Crippen molar-refractivity contribution in [3.63, 3.8) is 0 Å². The van der Waals surface area contributed by atoms with Crippen molar-refractivity contribution in [2.45, 2.75) is 50.2 Å².